The summed E-state index contributed by atoms with van der Waals surface area (Å²) in [5.41, 5.74) is 1.26. The second kappa shape index (κ2) is 10.0. The second-order valence-electron chi connectivity index (χ2n) is 8.49. The van der Waals surface area contributed by atoms with E-state index in [0.717, 1.165) is 17.2 Å². The van der Waals surface area contributed by atoms with Crippen molar-refractivity contribution < 1.29 is 18.7 Å². The number of aryl methyl sites for hydroxylation is 2. The van der Waals surface area contributed by atoms with E-state index in [1.165, 1.54) is 24.1 Å². The molecule has 0 aliphatic heterocycles. The fourth-order valence-electron chi connectivity index (χ4n) is 3.73. The quantitative estimate of drug-likeness (QED) is 0.358. The Morgan fingerprint density at radius 1 is 1.00 bits per heavy atom. The number of halogens is 1. The van der Waals surface area contributed by atoms with Crippen molar-refractivity contribution in [3.05, 3.63) is 88.1 Å². The zero-order chi connectivity index (χ0) is 26.0. The Morgan fingerprint density at radius 3 is 2.36 bits per heavy atom. The van der Waals surface area contributed by atoms with Crippen LogP contribution in [0.2, 0.25) is 0 Å². The minimum atomic E-state index is -0.932. The number of hydrogen-bond acceptors (Lipinski definition) is 6. The van der Waals surface area contributed by atoms with Crippen LogP contribution in [-0.2, 0) is 0 Å². The molecule has 0 unspecified atom stereocenters. The third kappa shape index (κ3) is 4.70. The van der Waals surface area contributed by atoms with E-state index in [4.69, 9.17) is 9.47 Å². The number of tetrazole rings is 1. The SMILES string of the molecule is COc1cccc(F)c1-n1nnn(C(=O)N(c2cc(Oc3ccc(C)cc3)ccc2C)C(C)C)c1=O. The first-order valence-corrected chi connectivity index (χ1v) is 11.3. The predicted molar refractivity (Wildman–Crippen MR) is 133 cm³/mol. The molecule has 186 valence electrons. The molecule has 0 fully saturated rings. The van der Waals surface area contributed by atoms with Gasteiger partial charge in [0.25, 0.3) is 0 Å². The van der Waals surface area contributed by atoms with Crippen LogP contribution in [0.15, 0.2) is 65.5 Å². The largest absolute Gasteiger partial charge is 0.494 e. The van der Waals surface area contributed by atoms with Gasteiger partial charge in [0.15, 0.2) is 5.82 Å². The highest BCUT2D eigenvalue weighted by molar-refractivity contribution is 5.94. The van der Waals surface area contributed by atoms with Crippen LogP contribution in [-0.4, -0.2) is 39.0 Å². The minimum absolute atomic E-state index is 0.0779. The summed E-state index contributed by atoms with van der Waals surface area (Å²) in [5, 5.41) is 7.48. The minimum Gasteiger partial charge on any atom is -0.494 e. The number of anilines is 1. The van der Waals surface area contributed by atoms with Crippen molar-refractivity contribution in [3.63, 3.8) is 0 Å². The third-order valence-corrected chi connectivity index (χ3v) is 5.56. The average Bonchev–Trinajstić information content (AvgIpc) is 3.22. The molecule has 4 rings (SSSR count). The van der Waals surface area contributed by atoms with Gasteiger partial charge in [0.2, 0.25) is 0 Å². The highest BCUT2D eigenvalue weighted by Crippen LogP contribution is 2.31. The van der Waals surface area contributed by atoms with Gasteiger partial charge in [0.1, 0.15) is 22.9 Å². The monoisotopic (exact) mass is 491 g/mol. The lowest BCUT2D eigenvalue weighted by Gasteiger charge is -2.27. The maximum Gasteiger partial charge on any atom is 0.377 e. The molecule has 0 atom stereocenters. The topological polar surface area (TPSA) is 91.5 Å². The molecule has 0 aliphatic carbocycles. The maximum absolute atomic E-state index is 14.5. The number of aromatic nitrogens is 4. The molecule has 0 aliphatic rings. The fourth-order valence-corrected chi connectivity index (χ4v) is 3.73. The molecule has 10 heteroatoms. The summed E-state index contributed by atoms with van der Waals surface area (Å²) in [6.45, 7) is 7.44. The Labute approximate surface area is 207 Å². The number of carbonyl (C=O) groups is 1. The van der Waals surface area contributed by atoms with Gasteiger partial charge >= 0.3 is 11.7 Å². The molecule has 0 bridgehead atoms. The smallest absolute Gasteiger partial charge is 0.377 e. The van der Waals surface area contributed by atoms with E-state index in [9.17, 15) is 14.0 Å². The van der Waals surface area contributed by atoms with Crippen LogP contribution >= 0.6 is 0 Å². The molecule has 0 N–H and O–H groups in total. The van der Waals surface area contributed by atoms with Crippen LogP contribution in [0, 0.1) is 19.7 Å². The summed E-state index contributed by atoms with van der Waals surface area (Å²) in [6.07, 6.45) is 0. The molecule has 0 saturated carbocycles. The molecule has 4 aromatic rings. The number of rotatable bonds is 6. The molecular formula is C26H26FN5O4. The summed E-state index contributed by atoms with van der Waals surface area (Å²) in [4.78, 5) is 28.1. The Kier molecular flexibility index (Phi) is 6.86. The van der Waals surface area contributed by atoms with Crippen molar-refractivity contribution in [3.8, 4) is 22.9 Å². The summed E-state index contributed by atoms with van der Waals surface area (Å²) < 4.78 is 27.0. The zero-order valence-corrected chi connectivity index (χ0v) is 20.6. The highest BCUT2D eigenvalue weighted by atomic mass is 19.1. The number of benzene rings is 3. The van der Waals surface area contributed by atoms with E-state index in [-0.39, 0.29) is 17.5 Å². The van der Waals surface area contributed by atoms with Gasteiger partial charge in [-0.1, -0.05) is 29.8 Å². The van der Waals surface area contributed by atoms with Crippen molar-refractivity contribution >= 4 is 11.7 Å². The average molecular weight is 492 g/mol. The number of carbonyl (C=O) groups excluding carboxylic acids is 1. The van der Waals surface area contributed by atoms with E-state index < -0.39 is 17.5 Å². The lowest BCUT2D eigenvalue weighted by molar-refractivity contribution is 0.242. The molecule has 1 heterocycles. The molecule has 1 aromatic heterocycles. The number of ether oxygens (including phenoxy) is 2. The molecule has 9 nitrogen and oxygen atoms in total. The van der Waals surface area contributed by atoms with E-state index in [1.807, 2.05) is 44.2 Å². The van der Waals surface area contributed by atoms with Crippen LogP contribution in [0.5, 0.6) is 17.2 Å². The van der Waals surface area contributed by atoms with E-state index in [1.54, 1.807) is 26.0 Å². The molecule has 0 saturated heterocycles. The summed E-state index contributed by atoms with van der Waals surface area (Å²) in [5.74, 6) is 0.503. The van der Waals surface area contributed by atoms with Gasteiger partial charge in [-0.15, -0.1) is 4.68 Å². The Balaban J connectivity index is 1.72. The summed E-state index contributed by atoms with van der Waals surface area (Å²) in [7, 11) is 1.34. The molecule has 36 heavy (non-hydrogen) atoms. The van der Waals surface area contributed by atoms with Crippen LogP contribution < -0.4 is 20.1 Å². The van der Waals surface area contributed by atoms with Crippen LogP contribution in [0.4, 0.5) is 14.9 Å². The Hall–Kier alpha value is -4.47. The van der Waals surface area contributed by atoms with Crippen LogP contribution in [0.3, 0.4) is 0 Å². The molecule has 3 aromatic carbocycles. The first-order chi connectivity index (χ1) is 17.2. The van der Waals surface area contributed by atoms with Crippen molar-refractivity contribution in [1.29, 1.82) is 0 Å². The van der Waals surface area contributed by atoms with Crippen LogP contribution in [0.25, 0.3) is 5.69 Å². The highest BCUT2D eigenvalue weighted by Gasteiger charge is 2.28. The second-order valence-corrected chi connectivity index (χ2v) is 8.49. The van der Waals surface area contributed by atoms with Crippen molar-refractivity contribution in [2.24, 2.45) is 0 Å². The van der Waals surface area contributed by atoms with Gasteiger partial charge in [-0.2, -0.15) is 4.68 Å². The molecule has 0 radical (unpaired) electrons. The van der Waals surface area contributed by atoms with E-state index >= 15 is 0 Å². The van der Waals surface area contributed by atoms with Crippen LogP contribution in [0.1, 0.15) is 25.0 Å². The normalized spacial score (nSPS) is 11.0. The lowest BCUT2D eigenvalue weighted by Crippen LogP contribution is -2.45. The van der Waals surface area contributed by atoms with Gasteiger partial charge in [0, 0.05) is 12.1 Å². The van der Waals surface area contributed by atoms with Gasteiger partial charge in [-0.25, -0.2) is 14.0 Å². The Bertz CT molecular complexity index is 1460. The number of amides is 1. The fraction of sp³-hybridized carbons (Fsp3) is 0.231. The van der Waals surface area contributed by atoms with E-state index in [0.29, 0.717) is 26.6 Å². The van der Waals surface area contributed by atoms with Gasteiger partial charge in [-0.3, -0.25) is 4.90 Å². The van der Waals surface area contributed by atoms with E-state index in [2.05, 4.69) is 10.4 Å². The molecule has 1 amide bonds. The van der Waals surface area contributed by atoms with Crippen molar-refractivity contribution in [1.82, 2.24) is 19.8 Å². The maximum atomic E-state index is 14.5. The zero-order valence-electron chi connectivity index (χ0n) is 20.6. The number of methoxy groups -OCH3 is 1. The number of hydrogen-bond donors (Lipinski definition) is 0. The predicted octanol–water partition coefficient (Wildman–Crippen LogP) is 4.87. The third-order valence-electron chi connectivity index (χ3n) is 5.56. The first kappa shape index (κ1) is 24.6. The van der Waals surface area contributed by atoms with Crippen molar-refractivity contribution in [2.45, 2.75) is 33.7 Å². The summed E-state index contributed by atoms with van der Waals surface area (Å²) in [6, 6.07) is 15.9. The number of para-hydroxylation sites is 1. The Morgan fingerprint density at radius 2 is 1.69 bits per heavy atom. The van der Waals surface area contributed by atoms with Gasteiger partial charge in [0.05, 0.1) is 12.8 Å². The van der Waals surface area contributed by atoms with Gasteiger partial charge in [-0.05, 0) is 74.0 Å². The number of nitrogens with zero attached hydrogens (tertiary/aromatic N) is 5. The van der Waals surface area contributed by atoms with Crippen molar-refractivity contribution in [2.75, 3.05) is 12.0 Å². The lowest BCUT2D eigenvalue weighted by atomic mass is 10.1. The standard InChI is InChI=1S/C26H26FN5O4/c1-16(2)30(22-15-20(14-11-18(22)4)36-19-12-9-17(3)10-13-19)25(33)32-26(34)31(28-29-32)24-21(27)7-6-8-23(24)35-5/h6-16H,1-5H3. The molecular weight excluding hydrogens is 465 g/mol. The molecule has 0 spiro atoms. The first-order valence-electron chi connectivity index (χ1n) is 11.3. The van der Waals surface area contributed by atoms with Gasteiger partial charge < -0.3 is 9.47 Å². The summed E-state index contributed by atoms with van der Waals surface area (Å²) >= 11 is 0.